The van der Waals surface area contributed by atoms with Crippen LogP contribution in [0.1, 0.15) is 113 Å². The van der Waals surface area contributed by atoms with E-state index < -0.39 is 52.5 Å². The van der Waals surface area contributed by atoms with Crippen LogP contribution in [0.4, 0.5) is 10.1 Å². The molecule has 3 N–H and O–H groups in total. The number of piperidine rings is 1. The van der Waals surface area contributed by atoms with E-state index in [4.69, 9.17) is 23.2 Å². The van der Waals surface area contributed by atoms with E-state index in [1.54, 1.807) is 41.9 Å². The lowest BCUT2D eigenvalue weighted by Gasteiger charge is -2.47. The Hall–Kier alpha value is -5.42. The molecule has 370 valence electrons. The Morgan fingerprint density at radius 2 is 1.61 bits per heavy atom. The standard InChI is InChI=1S/C52H59Cl2FN8O7/c1-30(64)62-40-29-33(53)14-17-36(40)52(49(62)69)43(35-9-6-10-37(54)44(35)55)45(58-51(52)21-4-3-5-22-51)47(67)56-34-15-12-32(13-16-34)48(68)61-26-24-60(25-27-61)23-7-8-31-11-18-38-41(28-31)59(2)50(70)63(38)39-19-20-42(65)57-46(39)66/h6,9-11,14,17-18,28-29,32,34,39,43,45,58H,3-5,7-8,12-13,15-16,19-27H2,1-2H3,(H,56,67)(H,57,65,66)/t32?,34?,39?,43-,45+,52+/m0/s1. The molecule has 4 atom stereocenters. The van der Waals surface area contributed by atoms with Gasteiger partial charge < -0.3 is 10.2 Å². The molecule has 2 spiro atoms. The highest BCUT2D eigenvalue weighted by Gasteiger charge is 2.74. The highest BCUT2D eigenvalue weighted by atomic mass is 35.5. The number of hydrogen-bond donors (Lipinski definition) is 3. The Morgan fingerprint density at radius 1 is 0.871 bits per heavy atom. The van der Waals surface area contributed by atoms with Crippen molar-refractivity contribution in [1.82, 2.24) is 34.9 Å². The van der Waals surface area contributed by atoms with Gasteiger partial charge in [0.15, 0.2) is 0 Å². The molecule has 4 aromatic rings. The van der Waals surface area contributed by atoms with Gasteiger partial charge in [0.05, 0.1) is 27.8 Å². The van der Waals surface area contributed by atoms with Crippen LogP contribution < -0.4 is 26.5 Å². The van der Waals surface area contributed by atoms with Gasteiger partial charge in [-0.15, -0.1) is 0 Å². The van der Waals surface area contributed by atoms with Crippen molar-refractivity contribution in [3.63, 3.8) is 0 Å². The number of carbonyl (C=O) groups excluding carboxylic acids is 6. The maximum atomic E-state index is 16.5. The maximum Gasteiger partial charge on any atom is 0.329 e. The molecule has 3 aromatic carbocycles. The molecular weight excluding hydrogens is 939 g/mol. The van der Waals surface area contributed by atoms with E-state index in [0.717, 1.165) is 67.7 Å². The first-order valence-corrected chi connectivity index (χ1v) is 25.6. The molecule has 3 saturated heterocycles. The summed E-state index contributed by atoms with van der Waals surface area (Å²) >= 11 is 13.0. The normalized spacial score (nSPS) is 26.8. The second kappa shape index (κ2) is 19.0. The van der Waals surface area contributed by atoms with Crippen molar-refractivity contribution < 1.29 is 33.2 Å². The second-order valence-corrected chi connectivity index (χ2v) is 21.2. The minimum Gasteiger partial charge on any atom is -0.352 e. The van der Waals surface area contributed by atoms with Gasteiger partial charge in [-0.2, -0.15) is 0 Å². The summed E-state index contributed by atoms with van der Waals surface area (Å²) in [6.45, 7) is 4.96. The van der Waals surface area contributed by atoms with Crippen LogP contribution >= 0.6 is 23.2 Å². The van der Waals surface area contributed by atoms with Crippen LogP contribution in [0, 0.1) is 11.7 Å². The number of fused-ring (bicyclic) bond motifs is 4. The van der Waals surface area contributed by atoms with Crippen molar-refractivity contribution in [3.8, 4) is 0 Å². The Labute approximate surface area is 415 Å². The molecule has 6 aliphatic rings. The molecule has 1 unspecified atom stereocenters. The number of imide groups is 2. The molecule has 10 rings (SSSR count). The van der Waals surface area contributed by atoms with Gasteiger partial charge in [0.1, 0.15) is 17.3 Å². The van der Waals surface area contributed by atoms with Crippen LogP contribution in [0.5, 0.6) is 0 Å². The van der Waals surface area contributed by atoms with Crippen molar-refractivity contribution >= 4 is 75.4 Å². The predicted octanol–water partition coefficient (Wildman–Crippen LogP) is 5.81. The largest absolute Gasteiger partial charge is 0.352 e. The van der Waals surface area contributed by atoms with E-state index in [0.29, 0.717) is 73.4 Å². The predicted molar refractivity (Wildman–Crippen MR) is 262 cm³/mol. The number of rotatable bonds is 9. The monoisotopic (exact) mass is 996 g/mol. The van der Waals surface area contributed by atoms with Crippen molar-refractivity contribution in [1.29, 1.82) is 0 Å². The third kappa shape index (κ3) is 8.06. The van der Waals surface area contributed by atoms with Crippen molar-refractivity contribution in [3.05, 3.63) is 97.6 Å². The third-order valence-electron chi connectivity index (χ3n) is 16.5. The fourth-order valence-corrected chi connectivity index (χ4v) is 13.5. The lowest BCUT2D eigenvalue weighted by molar-refractivity contribution is -0.139. The average molecular weight is 998 g/mol. The Morgan fingerprint density at radius 3 is 2.33 bits per heavy atom. The molecule has 15 nitrogen and oxygen atoms in total. The quantitative estimate of drug-likeness (QED) is 0.175. The SMILES string of the molecule is CC(=O)N1C(=O)[C@@]2(c3ccc(Cl)cc31)[C@@H](c1cccc(Cl)c1F)[C@H](C(=O)NC1CCC(C(=O)N3CCN(CCCc4ccc5c(c4)n(C)c(=O)n5C4CCC(=O)NC4=O)CC3)CC1)NC21CCCCC1. The Balaban J connectivity index is 0.770. The minimum atomic E-state index is -1.53. The van der Waals surface area contributed by atoms with Crippen LogP contribution in [0.2, 0.25) is 10.0 Å². The molecule has 5 fully saturated rings. The van der Waals surface area contributed by atoms with Crippen LogP contribution in [0.15, 0.2) is 59.4 Å². The lowest BCUT2D eigenvalue weighted by atomic mass is 9.55. The summed E-state index contributed by atoms with van der Waals surface area (Å²) in [6.07, 6.45) is 8.07. The van der Waals surface area contributed by atoms with Gasteiger partial charge in [-0.05, 0) is 111 Å². The number of amides is 6. The average Bonchev–Trinajstić information content (AvgIpc) is 3.88. The number of aryl methyl sites for hydroxylation is 2. The van der Waals surface area contributed by atoms with E-state index in [9.17, 15) is 28.8 Å². The number of nitrogens with one attached hydrogen (secondary N) is 3. The van der Waals surface area contributed by atoms with E-state index in [1.807, 2.05) is 23.1 Å². The summed E-state index contributed by atoms with van der Waals surface area (Å²) < 4.78 is 19.6. The first kappa shape index (κ1) is 48.2. The fourth-order valence-electron chi connectivity index (χ4n) is 13.2. The zero-order valence-electron chi connectivity index (χ0n) is 39.5. The van der Waals surface area contributed by atoms with Crippen molar-refractivity contribution in [2.24, 2.45) is 13.0 Å². The molecule has 0 bridgehead atoms. The summed E-state index contributed by atoms with van der Waals surface area (Å²) in [4.78, 5) is 100. The first-order valence-electron chi connectivity index (χ1n) is 24.9. The first-order chi connectivity index (χ1) is 33.6. The van der Waals surface area contributed by atoms with Gasteiger partial charge >= 0.3 is 5.69 Å². The van der Waals surface area contributed by atoms with E-state index in [-0.39, 0.29) is 58.8 Å². The Bertz CT molecular complexity index is 2860. The number of piperazine rings is 1. The van der Waals surface area contributed by atoms with Crippen LogP contribution in [0.3, 0.4) is 0 Å². The molecular formula is C52H59Cl2FN8O7. The summed E-state index contributed by atoms with van der Waals surface area (Å²) in [7, 11) is 1.70. The van der Waals surface area contributed by atoms with Gasteiger partial charge in [-0.1, -0.05) is 66.7 Å². The summed E-state index contributed by atoms with van der Waals surface area (Å²) in [5.74, 6) is -3.95. The van der Waals surface area contributed by atoms with Crippen LogP contribution in [0.25, 0.3) is 11.0 Å². The molecule has 18 heteroatoms. The van der Waals surface area contributed by atoms with Gasteiger partial charge in [-0.3, -0.25) is 53.4 Å². The van der Waals surface area contributed by atoms with Crippen LogP contribution in [-0.4, -0.2) is 105 Å². The molecule has 70 heavy (non-hydrogen) atoms. The molecule has 2 saturated carbocycles. The number of anilines is 1. The maximum absolute atomic E-state index is 16.5. The number of imidazole rings is 1. The number of benzene rings is 3. The molecule has 0 radical (unpaired) electrons. The summed E-state index contributed by atoms with van der Waals surface area (Å²) in [6, 6.07) is 13.6. The van der Waals surface area contributed by atoms with E-state index in [1.165, 1.54) is 17.6 Å². The molecule has 2 aliphatic carbocycles. The lowest BCUT2D eigenvalue weighted by Crippen LogP contribution is -2.61. The fraction of sp³-hybridized carbons (Fsp3) is 0.519. The molecule has 1 aromatic heterocycles. The highest BCUT2D eigenvalue weighted by molar-refractivity contribution is 6.32. The zero-order chi connectivity index (χ0) is 49.2. The number of hydrogen-bond acceptors (Lipinski definition) is 9. The van der Waals surface area contributed by atoms with Gasteiger partial charge in [0.2, 0.25) is 35.4 Å². The summed E-state index contributed by atoms with van der Waals surface area (Å²) in [5, 5.41) is 9.51. The van der Waals surface area contributed by atoms with Gasteiger partial charge in [0, 0.05) is 75.0 Å². The van der Waals surface area contributed by atoms with E-state index >= 15 is 9.18 Å². The van der Waals surface area contributed by atoms with Crippen molar-refractivity contribution in [2.45, 2.75) is 125 Å². The van der Waals surface area contributed by atoms with Crippen molar-refractivity contribution in [2.75, 3.05) is 37.6 Å². The topological polar surface area (TPSA) is 175 Å². The number of nitrogens with zero attached hydrogens (tertiary/aromatic N) is 5. The van der Waals surface area contributed by atoms with E-state index in [2.05, 4.69) is 20.9 Å². The zero-order valence-corrected chi connectivity index (χ0v) is 41.1. The molecule has 6 amide bonds. The summed E-state index contributed by atoms with van der Waals surface area (Å²) in [5.41, 5.74) is 0.685. The highest BCUT2D eigenvalue weighted by Crippen LogP contribution is 2.64. The smallest absolute Gasteiger partial charge is 0.329 e. The van der Waals surface area contributed by atoms with Crippen LogP contribution in [-0.2, 0) is 47.7 Å². The third-order valence-corrected chi connectivity index (χ3v) is 17.0. The van der Waals surface area contributed by atoms with Gasteiger partial charge in [0.25, 0.3) is 0 Å². The number of aromatic nitrogens is 2. The number of carbonyl (C=O) groups is 6. The Kier molecular flexibility index (Phi) is 13.1. The minimum absolute atomic E-state index is 0.129. The number of halogens is 3. The molecule has 4 aliphatic heterocycles. The van der Waals surface area contributed by atoms with Gasteiger partial charge in [-0.25, -0.2) is 14.1 Å². The molecule has 5 heterocycles. The second-order valence-electron chi connectivity index (χ2n) is 20.3.